The van der Waals surface area contributed by atoms with Crippen molar-refractivity contribution >= 4 is 7.69 Å². The summed E-state index contributed by atoms with van der Waals surface area (Å²) in [5.41, 5.74) is 1.11. The van der Waals surface area contributed by atoms with Crippen molar-refractivity contribution < 1.29 is 14.4 Å². The van der Waals surface area contributed by atoms with Gasteiger partial charge in [-0.25, -0.2) is 0 Å². The topological polar surface area (TPSA) is 56.5 Å². The van der Waals surface area contributed by atoms with Gasteiger partial charge in [-0.3, -0.25) is 4.68 Å². The Hall–Kier alpha value is -1.95. The van der Waals surface area contributed by atoms with Crippen LogP contribution in [-0.4, -0.2) is 29.6 Å². The molecule has 6 heteroatoms. The van der Waals surface area contributed by atoms with Gasteiger partial charge in [-0.1, -0.05) is 12.1 Å². The fourth-order valence-corrected chi connectivity index (χ4v) is 1.47. The van der Waals surface area contributed by atoms with Crippen molar-refractivity contribution in [1.82, 2.24) is 9.78 Å². The Balaban J connectivity index is 2.03. The molecular weight excluding hydrogens is 219 g/mol. The van der Waals surface area contributed by atoms with Crippen LogP contribution in [0, 0.1) is 0 Å². The van der Waals surface area contributed by atoms with Crippen LogP contribution in [-0.2, 0) is 6.54 Å². The lowest BCUT2D eigenvalue weighted by Crippen LogP contribution is -2.03. The van der Waals surface area contributed by atoms with Crippen molar-refractivity contribution in [2.24, 2.45) is 0 Å². The van der Waals surface area contributed by atoms with E-state index < -0.39 is 0 Å². The number of ether oxygens (including phenoxy) is 1. The van der Waals surface area contributed by atoms with Crippen molar-refractivity contribution in [1.29, 1.82) is 0 Å². The number of hydrogen-bond acceptors (Lipinski definition) is 4. The molecule has 0 unspecified atom stereocenters. The normalized spacial score (nSPS) is 10.0. The lowest BCUT2D eigenvalue weighted by atomic mass is 10.2. The summed E-state index contributed by atoms with van der Waals surface area (Å²) in [5, 5.41) is 12.6. The lowest BCUT2D eigenvalue weighted by molar-refractivity contribution is 0.414. The monoisotopic (exact) mass is 231 g/mol. The molecular formula is C11H12BN2O3. The zero-order valence-electron chi connectivity index (χ0n) is 9.41. The van der Waals surface area contributed by atoms with E-state index in [1.54, 1.807) is 24.1 Å². The molecule has 1 heterocycles. The van der Waals surface area contributed by atoms with Gasteiger partial charge in [0.2, 0.25) is 5.88 Å². The fourth-order valence-electron chi connectivity index (χ4n) is 1.47. The van der Waals surface area contributed by atoms with Crippen molar-refractivity contribution in [3.63, 3.8) is 0 Å². The minimum absolute atomic E-state index is 0.362. The predicted octanol–water partition coefficient (Wildman–Crippen LogP) is 0.845. The largest absolute Gasteiger partial charge is 0.570 e. The van der Waals surface area contributed by atoms with Gasteiger partial charge < -0.3 is 14.4 Å². The number of methoxy groups -OCH3 is 1. The molecule has 0 aliphatic carbocycles. The molecule has 0 bridgehead atoms. The number of benzene rings is 1. The zero-order valence-corrected chi connectivity index (χ0v) is 9.41. The Bertz CT molecular complexity index is 470. The number of rotatable bonds is 5. The van der Waals surface area contributed by atoms with E-state index in [1.807, 2.05) is 24.3 Å². The molecule has 0 aliphatic rings. The van der Waals surface area contributed by atoms with Crippen LogP contribution in [0.1, 0.15) is 5.56 Å². The Morgan fingerprint density at radius 3 is 2.71 bits per heavy atom. The smallest absolute Gasteiger partial charge is 0.522 e. The molecule has 1 radical (unpaired) electrons. The summed E-state index contributed by atoms with van der Waals surface area (Å²) in [6, 6.07) is 9.42. The summed E-state index contributed by atoms with van der Waals surface area (Å²) in [6.07, 6.45) is 1.78. The highest BCUT2D eigenvalue weighted by Crippen LogP contribution is 2.13. The van der Waals surface area contributed by atoms with Gasteiger partial charge in [-0.2, -0.15) is 0 Å². The molecule has 0 saturated carbocycles. The first-order valence-electron chi connectivity index (χ1n) is 5.11. The van der Waals surface area contributed by atoms with Crippen LogP contribution < -0.4 is 9.39 Å². The molecule has 1 aromatic heterocycles. The number of hydrogen-bond donors (Lipinski definition) is 1. The third kappa shape index (κ3) is 3.01. The highest BCUT2D eigenvalue weighted by molar-refractivity contribution is 6.17. The van der Waals surface area contributed by atoms with E-state index in [2.05, 4.69) is 5.10 Å². The Morgan fingerprint density at radius 1 is 1.29 bits per heavy atom. The molecule has 0 fully saturated rings. The van der Waals surface area contributed by atoms with Crippen LogP contribution in [0.5, 0.6) is 11.6 Å². The SMILES string of the molecule is COc1ccc(Cn2ccc(O[B]O)n2)cc1. The summed E-state index contributed by atoms with van der Waals surface area (Å²) in [7, 11) is 2.25. The van der Waals surface area contributed by atoms with Gasteiger partial charge in [-0.05, 0) is 17.7 Å². The van der Waals surface area contributed by atoms with Gasteiger partial charge in [0.15, 0.2) is 0 Å². The fraction of sp³-hybridized carbons (Fsp3) is 0.182. The molecule has 5 nitrogen and oxygen atoms in total. The molecule has 0 amide bonds. The van der Waals surface area contributed by atoms with E-state index >= 15 is 0 Å². The minimum Gasteiger partial charge on any atom is -0.522 e. The van der Waals surface area contributed by atoms with Crippen LogP contribution in [0.25, 0.3) is 0 Å². The van der Waals surface area contributed by atoms with Gasteiger partial charge in [0.1, 0.15) is 5.75 Å². The van der Waals surface area contributed by atoms with E-state index in [0.29, 0.717) is 20.1 Å². The second-order valence-electron chi connectivity index (χ2n) is 3.42. The average Bonchev–Trinajstić information content (AvgIpc) is 2.78. The van der Waals surface area contributed by atoms with E-state index in [4.69, 9.17) is 14.4 Å². The second-order valence-corrected chi connectivity index (χ2v) is 3.42. The summed E-state index contributed by atoms with van der Waals surface area (Å²) >= 11 is 0. The maximum absolute atomic E-state index is 8.47. The maximum atomic E-state index is 8.47. The number of nitrogens with zero attached hydrogens (tertiary/aromatic N) is 2. The first-order chi connectivity index (χ1) is 8.31. The van der Waals surface area contributed by atoms with Gasteiger partial charge in [0.05, 0.1) is 13.7 Å². The standard InChI is InChI=1S/C11H12BN2O3/c1-16-10-4-2-9(3-5-10)8-14-7-6-11(13-14)17-12-15/h2-7,15H,8H2,1H3. The molecule has 1 aromatic carbocycles. The molecule has 0 spiro atoms. The summed E-state index contributed by atoms with van der Waals surface area (Å²) in [5.74, 6) is 1.19. The van der Waals surface area contributed by atoms with Gasteiger partial charge in [-0.15, -0.1) is 5.10 Å². The second kappa shape index (κ2) is 5.40. The van der Waals surface area contributed by atoms with E-state index in [0.717, 1.165) is 11.3 Å². The van der Waals surface area contributed by atoms with Crippen molar-refractivity contribution in [3.05, 3.63) is 42.1 Å². The third-order valence-corrected chi connectivity index (χ3v) is 2.29. The molecule has 1 N–H and O–H groups in total. The highest BCUT2D eigenvalue weighted by Gasteiger charge is 2.01. The van der Waals surface area contributed by atoms with Gasteiger partial charge in [0.25, 0.3) is 0 Å². The summed E-state index contributed by atoms with van der Waals surface area (Å²) in [6.45, 7) is 0.638. The Kier molecular flexibility index (Phi) is 3.67. The Labute approximate surface area is 99.9 Å². The minimum atomic E-state index is 0.362. The zero-order chi connectivity index (χ0) is 12.1. The molecule has 0 aliphatic heterocycles. The van der Waals surface area contributed by atoms with Crippen LogP contribution in [0.2, 0.25) is 0 Å². The number of aromatic nitrogens is 2. The van der Waals surface area contributed by atoms with Crippen molar-refractivity contribution in [2.45, 2.75) is 6.54 Å². The molecule has 2 rings (SSSR count). The van der Waals surface area contributed by atoms with E-state index in [9.17, 15) is 0 Å². The van der Waals surface area contributed by atoms with Gasteiger partial charge in [0, 0.05) is 12.3 Å². The average molecular weight is 231 g/mol. The van der Waals surface area contributed by atoms with E-state index in [-0.39, 0.29) is 0 Å². The van der Waals surface area contributed by atoms with Crippen LogP contribution in [0.3, 0.4) is 0 Å². The molecule has 0 atom stereocenters. The molecule has 0 saturated heterocycles. The first kappa shape index (κ1) is 11.5. The van der Waals surface area contributed by atoms with Crippen molar-refractivity contribution in [2.75, 3.05) is 7.11 Å². The highest BCUT2D eigenvalue weighted by atomic mass is 16.5. The first-order valence-corrected chi connectivity index (χ1v) is 5.11. The molecule has 2 aromatic rings. The lowest BCUT2D eigenvalue weighted by Gasteiger charge is -2.03. The van der Waals surface area contributed by atoms with Crippen molar-refractivity contribution in [3.8, 4) is 11.6 Å². The van der Waals surface area contributed by atoms with E-state index in [1.165, 1.54) is 0 Å². The third-order valence-electron chi connectivity index (χ3n) is 2.29. The van der Waals surface area contributed by atoms with Crippen LogP contribution in [0.15, 0.2) is 36.5 Å². The van der Waals surface area contributed by atoms with Crippen LogP contribution in [0.4, 0.5) is 0 Å². The predicted molar refractivity (Wildman–Crippen MR) is 62.9 cm³/mol. The molecule has 17 heavy (non-hydrogen) atoms. The molecule has 87 valence electrons. The quantitative estimate of drug-likeness (QED) is 0.775. The van der Waals surface area contributed by atoms with Crippen LogP contribution >= 0.6 is 0 Å². The Morgan fingerprint density at radius 2 is 2.06 bits per heavy atom. The summed E-state index contributed by atoms with van der Waals surface area (Å²) in [4.78, 5) is 0. The summed E-state index contributed by atoms with van der Waals surface area (Å²) < 4.78 is 11.5. The maximum Gasteiger partial charge on any atom is 0.570 e. The van der Waals surface area contributed by atoms with Gasteiger partial charge >= 0.3 is 7.69 Å².